The van der Waals surface area contributed by atoms with Gasteiger partial charge in [-0.15, -0.1) is 0 Å². The second-order valence-electron chi connectivity index (χ2n) is 7.09. The van der Waals surface area contributed by atoms with Gasteiger partial charge in [-0.2, -0.15) is 0 Å². The first-order valence-electron chi connectivity index (χ1n) is 9.35. The van der Waals surface area contributed by atoms with Crippen LogP contribution in [0.2, 0.25) is 0 Å². The van der Waals surface area contributed by atoms with Crippen LogP contribution in [0.15, 0.2) is 24.5 Å². The van der Waals surface area contributed by atoms with Crippen molar-refractivity contribution in [3.8, 4) is 0 Å². The number of rotatable bonds is 6. The Morgan fingerprint density at radius 1 is 1.12 bits per heavy atom. The quantitative estimate of drug-likeness (QED) is 0.812. The van der Waals surface area contributed by atoms with Gasteiger partial charge in [0.05, 0.1) is 6.54 Å². The topological polar surface area (TPSA) is 54.5 Å². The van der Waals surface area contributed by atoms with Crippen LogP contribution in [0.25, 0.3) is 0 Å². The van der Waals surface area contributed by atoms with Gasteiger partial charge in [0.15, 0.2) is 0 Å². The lowest BCUT2D eigenvalue weighted by Gasteiger charge is -2.32. The molecule has 1 N–H and O–H groups in total. The number of carbonyl (C=O) groups excluding carboxylic acids is 1. The molecule has 1 aliphatic heterocycles. The number of nitrogens with one attached hydrogen (secondary N) is 1. The van der Waals surface area contributed by atoms with Crippen molar-refractivity contribution < 1.29 is 9.53 Å². The number of nitrogens with zero attached hydrogens (tertiary/aromatic N) is 2. The van der Waals surface area contributed by atoms with E-state index in [1.165, 1.54) is 19.3 Å². The van der Waals surface area contributed by atoms with Gasteiger partial charge in [-0.1, -0.05) is 6.42 Å². The van der Waals surface area contributed by atoms with Crippen LogP contribution in [-0.4, -0.2) is 48.1 Å². The number of likely N-dealkylation sites (tertiary alicyclic amines) is 1. The van der Waals surface area contributed by atoms with E-state index in [2.05, 4.69) is 15.2 Å². The number of hydrogen-bond donors (Lipinski definition) is 1. The van der Waals surface area contributed by atoms with Crippen LogP contribution < -0.4 is 5.32 Å². The third-order valence-electron chi connectivity index (χ3n) is 5.19. The highest BCUT2D eigenvalue weighted by atomic mass is 16.5. The molecule has 1 aromatic heterocycles. The molecule has 0 aromatic carbocycles. The summed E-state index contributed by atoms with van der Waals surface area (Å²) in [6, 6.07) is 3.99. The minimum absolute atomic E-state index is 0.0322. The molecule has 2 fully saturated rings. The Morgan fingerprint density at radius 3 is 2.54 bits per heavy atom. The maximum absolute atomic E-state index is 12.1. The van der Waals surface area contributed by atoms with Crippen molar-refractivity contribution in [2.24, 2.45) is 5.92 Å². The monoisotopic (exact) mass is 331 g/mol. The van der Waals surface area contributed by atoms with E-state index in [0.717, 1.165) is 51.0 Å². The van der Waals surface area contributed by atoms with Gasteiger partial charge in [-0.05, 0) is 69.7 Å². The predicted molar refractivity (Wildman–Crippen MR) is 94.9 cm³/mol. The molecule has 5 nitrogen and oxygen atoms in total. The summed E-state index contributed by atoms with van der Waals surface area (Å²) in [5.74, 6) is 0.638. The Bertz CT molecular complexity index is 495. The first-order valence-corrected chi connectivity index (χ1v) is 9.35. The zero-order valence-corrected chi connectivity index (χ0v) is 14.5. The average molecular weight is 331 g/mol. The van der Waals surface area contributed by atoms with Crippen LogP contribution in [0.4, 0.5) is 5.69 Å². The standard InChI is InChI=1S/C19H29N3O2/c23-19(24-18-4-2-1-3-5-18)15-22-12-8-16(9-13-22)14-21-17-6-10-20-11-7-17/h6-7,10-11,16,18H,1-5,8-9,12-15H2,(H,20,21). The molecule has 0 radical (unpaired) electrons. The number of aromatic nitrogens is 1. The molecule has 3 rings (SSSR count). The molecule has 1 saturated heterocycles. The highest BCUT2D eigenvalue weighted by molar-refractivity contribution is 5.71. The Kier molecular flexibility index (Phi) is 6.47. The number of pyridine rings is 1. The lowest BCUT2D eigenvalue weighted by atomic mass is 9.96. The fourth-order valence-corrected chi connectivity index (χ4v) is 3.67. The Hall–Kier alpha value is -1.62. The largest absolute Gasteiger partial charge is 0.461 e. The van der Waals surface area contributed by atoms with E-state index in [1.54, 1.807) is 0 Å². The van der Waals surface area contributed by atoms with Gasteiger partial charge in [0.25, 0.3) is 0 Å². The van der Waals surface area contributed by atoms with E-state index < -0.39 is 0 Å². The number of piperidine rings is 1. The van der Waals surface area contributed by atoms with Gasteiger partial charge in [0.1, 0.15) is 6.10 Å². The molecular weight excluding hydrogens is 302 g/mol. The highest BCUT2D eigenvalue weighted by Gasteiger charge is 2.23. The molecule has 0 spiro atoms. The van der Waals surface area contributed by atoms with Crippen molar-refractivity contribution in [2.75, 3.05) is 31.5 Å². The Labute approximate surface area is 144 Å². The Morgan fingerprint density at radius 2 is 1.83 bits per heavy atom. The van der Waals surface area contributed by atoms with Gasteiger partial charge >= 0.3 is 5.97 Å². The maximum Gasteiger partial charge on any atom is 0.320 e. The molecule has 5 heteroatoms. The Balaban J connectivity index is 1.32. The third-order valence-corrected chi connectivity index (χ3v) is 5.19. The summed E-state index contributed by atoms with van der Waals surface area (Å²) in [4.78, 5) is 18.4. The van der Waals surface area contributed by atoms with Crippen LogP contribution in [-0.2, 0) is 9.53 Å². The van der Waals surface area contributed by atoms with Crippen molar-refractivity contribution in [2.45, 2.75) is 51.0 Å². The van der Waals surface area contributed by atoms with Gasteiger partial charge in [0, 0.05) is 24.6 Å². The summed E-state index contributed by atoms with van der Waals surface area (Å²) in [5.41, 5.74) is 1.13. The summed E-state index contributed by atoms with van der Waals surface area (Å²) in [5, 5.41) is 3.47. The number of ether oxygens (including phenoxy) is 1. The number of anilines is 1. The molecule has 0 bridgehead atoms. The van der Waals surface area contributed by atoms with Gasteiger partial charge in [0.2, 0.25) is 0 Å². The minimum atomic E-state index is -0.0322. The number of esters is 1. The normalized spacial score (nSPS) is 20.7. The minimum Gasteiger partial charge on any atom is -0.461 e. The van der Waals surface area contributed by atoms with E-state index in [-0.39, 0.29) is 12.1 Å². The number of hydrogen-bond acceptors (Lipinski definition) is 5. The molecular formula is C19H29N3O2. The highest BCUT2D eigenvalue weighted by Crippen LogP contribution is 2.21. The molecule has 132 valence electrons. The fraction of sp³-hybridized carbons (Fsp3) is 0.684. The van der Waals surface area contributed by atoms with Crippen molar-refractivity contribution in [3.05, 3.63) is 24.5 Å². The lowest BCUT2D eigenvalue weighted by molar-refractivity contribution is -0.152. The summed E-state index contributed by atoms with van der Waals surface area (Å²) in [6.07, 6.45) is 11.9. The predicted octanol–water partition coefficient (Wildman–Crippen LogP) is 3.08. The summed E-state index contributed by atoms with van der Waals surface area (Å²) < 4.78 is 5.63. The smallest absolute Gasteiger partial charge is 0.320 e. The van der Waals surface area contributed by atoms with Crippen LogP contribution in [0.3, 0.4) is 0 Å². The second kappa shape index (κ2) is 9.02. The third kappa shape index (κ3) is 5.48. The van der Waals surface area contributed by atoms with Crippen LogP contribution in [0, 0.1) is 5.92 Å². The van der Waals surface area contributed by atoms with Crippen molar-refractivity contribution in [1.29, 1.82) is 0 Å². The van der Waals surface area contributed by atoms with E-state index in [1.807, 2.05) is 24.5 Å². The van der Waals surface area contributed by atoms with E-state index in [9.17, 15) is 4.79 Å². The lowest BCUT2D eigenvalue weighted by Crippen LogP contribution is -2.40. The molecule has 1 aromatic rings. The van der Waals surface area contributed by atoms with Crippen LogP contribution in [0.5, 0.6) is 0 Å². The molecule has 1 saturated carbocycles. The molecule has 1 aliphatic carbocycles. The molecule has 0 unspecified atom stereocenters. The molecule has 24 heavy (non-hydrogen) atoms. The summed E-state index contributed by atoms with van der Waals surface area (Å²) >= 11 is 0. The van der Waals surface area contributed by atoms with Gasteiger partial charge < -0.3 is 10.1 Å². The van der Waals surface area contributed by atoms with Crippen molar-refractivity contribution >= 4 is 11.7 Å². The summed E-state index contributed by atoms with van der Waals surface area (Å²) in [7, 11) is 0. The fourth-order valence-electron chi connectivity index (χ4n) is 3.67. The number of carbonyl (C=O) groups is 1. The molecule has 0 amide bonds. The van der Waals surface area contributed by atoms with E-state index in [4.69, 9.17) is 4.74 Å². The zero-order chi connectivity index (χ0) is 16.6. The molecule has 2 heterocycles. The average Bonchev–Trinajstić information content (AvgIpc) is 2.63. The molecule has 0 atom stereocenters. The zero-order valence-electron chi connectivity index (χ0n) is 14.5. The first-order chi connectivity index (χ1) is 11.8. The molecule has 2 aliphatic rings. The second-order valence-corrected chi connectivity index (χ2v) is 7.09. The van der Waals surface area contributed by atoms with Crippen LogP contribution >= 0.6 is 0 Å². The first kappa shape index (κ1) is 17.2. The van der Waals surface area contributed by atoms with Crippen LogP contribution in [0.1, 0.15) is 44.9 Å². The SMILES string of the molecule is O=C(CN1CCC(CNc2ccncc2)CC1)OC1CCCCC1. The van der Waals surface area contributed by atoms with Crippen molar-refractivity contribution in [1.82, 2.24) is 9.88 Å². The van der Waals surface area contributed by atoms with Gasteiger partial charge in [-0.25, -0.2) is 0 Å². The summed E-state index contributed by atoms with van der Waals surface area (Å²) in [6.45, 7) is 3.43. The van der Waals surface area contributed by atoms with E-state index in [0.29, 0.717) is 12.5 Å². The van der Waals surface area contributed by atoms with Gasteiger partial charge in [-0.3, -0.25) is 14.7 Å². The van der Waals surface area contributed by atoms with E-state index >= 15 is 0 Å². The van der Waals surface area contributed by atoms with Crippen molar-refractivity contribution in [3.63, 3.8) is 0 Å². The maximum atomic E-state index is 12.1.